The molecule has 1 amide bonds. The maximum atomic E-state index is 12.9. The first-order valence-corrected chi connectivity index (χ1v) is 9.65. The number of carbonyl (C=O) groups excluding carboxylic acids is 1. The predicted octanol–water partition coefficient (Wildman–Crippen LogP) is 0.834. The van der Waals surface area contributed by atoms with Crippen molar-refractivity contribution in [3.63, 3.8) is 0 Å². The lowest BCUT2D eigenvalue weighted by molar-refractivity contribution is -0.124. The maximum absolute atomic E-state index is 12.9. The lowest BCUT2D eigenvalue weighted by Crippen LogP contribution is -2.40. The smallest absolute Gasteiger partial charge is 0.253 e. The van der Waals surface area contributed by atoms with Gasteiger partial charge in [0.05, 0.1) is 20.3 Å². The van der Waals surface area contributed by atoms with Crippen molar-refractivity contribution in [1.29, 1.82) is 0 Å². The summed E-state index contributed by atoms with van der Waals surface area (Å²) in [7, 11) is -2.32. The molecule has 1 aromatic carbocycles. The number of morpholine rings is 1. The number of methoxy groups -OCH3 is 1. The van der Waals surface area contributed by atoms with E-state index in [-0.39, 0.29) is 29.6 Å². The highest BCUT2D eigenvalue weighted by Gasteiger charge is 2.30. The van der Waals surface area contributed by atoms with Gasteiger partial charge in [-0.1, -0.05) is 0 Å². The lowest BCUT2D eigenvalue weighted by atomic mass is 10.2. The molecule has 2 aliphatic rings. The average Bonchev–Trinajstić information content (AvgIpc) is 3.17. The number of nitrogens with zero attached hydrogens (tertiary/aromatic N) is 1. The molecular formula is C16H22N2O6S. The third kappa shape index (κ3) is 3.95. The number of sulfonamides is 1. The van der Waals surface area contributed by atoms with Crippen molar-refractivity contribution in [2.45, 2.75) is 23.8 Å². The molecule has 1 N–H and O–H groups in total. The Morgan fingerprint density at radius 2 is 2.04 bits per heavy atom. The molecule has 0 spiro atoms. The Morgan fingerprint density at radius 1 is 1.28 bits per heavy atom. The number of carbonyl (C=O) groups is 1. The largest absolute Gasteiger partial charge is 0.495 e. The van der Waals surface area contributed by atoms with E-state index in [4.69, 9.17) is 14.2 Å². The molecule has 1 atom stereocenters. The zero-order valence-corrected chi connectivity index (χ0v) is 14.9. The van der Waals surface area contributed by atoms with Gasteiger partial charge in [-0.3, -0.25) is 4.79 Å². The Morgan fingerprint density at radius 3 is 2.68 bits per heavy atom. The highest BCUT2D eigenvalue weighted by molar-refractivity contribution is 7.89. The number of benzene rings is 1. The minimum Gasteiger partial charge on any atom is -0.495 e. The van der Waals surface area contributed by atoms with Gasteiger partial charge in [0.25, 0.3) is 5.91 Å². The summed E-state index contributed by atoms with van der Waals surface area (Å²) in [6.45, 7) is 1.86. The molecule has 2 heterocycles. The summed E-state index contributed by atoms with van der Waals surface area (Å²) in [6, 6.07) is 4.58. The Hall–Kier alpha value is -1.68. The SMILES string of the molecule is COc1ccc(NC(=O)C2CCCO2)cc1S(=O)(=O)N1CCOCC1. The fourth-order valence-electron chi connectivity index (χ4n) is 2.89. The van der Waals surface area contributed by atoms with Gasteiger partial charge in [-0.2, -0.15) is 4.31 Å². The number of nitrogens with one attached hydrogen (secondary N) is 1. The van der Waals surface area contributed by atoms with Crippen molar-refractivity contribution >= 4 is 21.6 Å². The molecule has 2 aliphatic heterocycles. The molecule has 1 aromatic rings. The van der Waals surface area contributed by atoms with E-state index in [9.17, 15) is 13.2 Å². The van der Waals surface area contributed by atoms with Gasteiger partial charge in [0.15, 0.2) is 0 Å². The summed E-state index contributed by atoms with van der Waals surface area (Å²) in [6.07, 6.45) is 1.03. The quantitative estimate of drug-likeness (QED) is 0.825. The molecule has 0 aliphatic carbocycles. The summed E-state index contributed by atoms with van der Waals surface area (Å²) in [4.78, 5) is 12.2. The molecule has 0 saturated carbocycles. The molecule has 2 saturated heterocycles. The molecule has 8 nitrogen and oxygen atoms in total. The number of hydrogen-bond donors (Lipinski definition) is 1. The molecule has 0 bridgehead atoms. The van der Waals surface area contributed by atoms with E-state index < -0.39 is 16.1 Å². The lowest BCUT2D eigenvalue weighted by Gasteiger charge is -2.27. The second-order valence-corrected chi connectivity index (χ2v) is 7.78. The maximum Gasteiger partial charge on any atom is 0.253 e. The van der Waals surface area contributed by atoms with Gasteiger partial charge in [-0.15, -0.1) is 0 Å². The summed E-state index contributed by atoms with van der Waals surface area (Å²) in [5.41, 5.74) is 0.396. The van der Waals surface area contributed by atoms with Crippen LogP contribution in [0.2, 0.25) is 0 Å². The van der Waals surface area contributed by atoms with Crippen LogP contribution in [0.3, 0.4) is 0 Å². The van der Waals surface area contributed by atoms with Crippen molar-refractivity contribution < 1.29 is 27.4 Å². The first kappa shape index (κ1) is 18.1. The summed E-state index contributed by atoms with van der Waals surface area (Å²) in [5.74, 6) is -0.0287. The Bertz CT molecular complexity index is 724. The van der Waals surface area contributed by atoms with Crippen molar-refractivity contribution in [3.8, 4) is 5.75 Å². The molecule has 25 heavy (non-hydrogen) atoms. The van der Waals surface area contributed by atoms with E-state index in [1.54, 1.807) is 12.1 Å². The van der Waals surface area contributed by atoms with E-state index in [1.807, 2.05) is 0 Å². The van der Waals surface area contributed by atoms with E-state index >= 15 is 0 Å². The standard InChI is InChI=1S/C16H22N2O6S/c1-22-13-5-4-12(17-16(19)14-3-2-8-24-14)11-15(13)25(20,21)18-6-9-23-10-7-18/h4-5,11,14H,2-3,6-10H2,1H3,(H,17,19). The average molecular weight is 370 g/mol. The van der Waals surface area contributed by atoms with Gasteiger partial charge in [-0.25, -0.2) is 8.42 Å². The van der Waals surface area contributed by atoms with Gasteiger partial charge >= 0.3 is 0 Å². The fraction of sp³-hybridized carbons (Fsp3) is 0.562. The van der Waals surface area contributed by atoms with Crippen LogP contribution in [0.1, 0.15) is 12.8 Å². The molecular weight excluding hydrogens is 348 g/mol. The summed E-state index contributed by atoms with van der Waals surface area (Å²) >= 11 is 0. The van der Waals surface area contributed by atoms with Crippen LogP contribution >= 0.6 is 0 Å². The van der Waals surface area contributed by atoms with E-state index in [0.717, 1.165) is 6.42 Å². The number of anilines is 1. The summed E-state index contributed by atoms with van der Waals surface area (Å²) < 4.78 is 43.0. The van der Waals surface area contributed by atoms with Gasteiger partial charge in [0.1, 0.15) is 16.7 Å². The van der Waals surface area contributed by atoms with E-state index in [1.165, 1.54) is 17.5 Å². The second-order valence-electron chi connectivity index (χ2n) is 5.87. The van der Waals surface area contributed by atoms with Crippen LogP contribution in [0.5, 0.6) is 5.75 Å². The van der Waals surface area contributed by atoms with Crippen molar-refractivity contribution in [2.75, 3.05) is 45.3 Å². The molecule has 3 rings (SSSR count). The molecule has 0 aromatic heterocycles. The first-order valence-electron chi connectivity index (χ1n) is 8.21. The van der Waals surface area contributed by atoms with Crippen LogP contribution in [-0.4, -0.2) is 64.8 Å². The van der Waals surface area contributed by atoms with Crippen LogP contribution < -0.4 is 10.1 Å². The van der Waals surface area contributed by atoms with Crippen LogP contribution in [0, 0.1) is 0 Å². The number of hydrogen-bond acceptors (Lipinski definition) is 6. The topological polar surface area (TPSA) is 94.2 Å². The Labute approximate surface area is 147 Å². The van der Waals surface area contributed by atoms with Gasteiger partial charge < -0.3 is 19.5 Å². The first-order chi connectivity index (χ1) is 12.0. The van der Waals surface area contributed by atoms with Gasteiger partial charge in [-0.05, 0) is 31.0 Å². The molecule has 9 heteroatoms. The van der Waals surface area contributed by atoms with Crippen LogP contribution in [0.4, 0.5) is 5.69 Å². The molecule has 138 valence electrons. The van der Waals surface area contributed by atoms with Gasteiger partial charge in [0, 0.05) is 25.4 Å². The van der Waals surface area contributed by atoms with E-state index in [0.29, 0.717) is 31.9 Å². The summed E-state index contributed by atoms with van der Waals surface area (Å²) in [5, 5.41) is 2.72. The zero-order valence-electron chi connectivity index (χ0n) is 14.1. The number of rotatable bonds is 5. The fourth-order valence-corrected chi connectivity index (χ4v) is 4.48. The van der Waals surface area contributed by atoms with E-state index in [2.05, 4.69) is 5.32 Å². The van der Waals surface area contributed by atoms with Crippen molar-refractivity contribution in [2.24, 2.45) is 0 Å². The Kier molecular flexibility index (Phi) is 5.57. The van der Waals surface area contributed by atoms with Gasteiger partial charge in [0.2, 0.25) is 10.0 Å². The van der Waals surface area contributed by atoms with Crippen LogP contribution in [0.25, 0.3) is 0 Å². The zero-order chi connectivity index (χ0) is 17.9. The van der Waals surface area contributed by atoms with Crippen molar-refractivity contribution in [3.05, 3.63) is 18.2 Å². The van der Waals surface area contributed by atoms with Crippen LogP contribution in [-0.2, 0) is 24.3 Å². The molecule has 1 unspecified atom stereocenters. The molecule has 2 fully saturated rings. The predicted molar refractivity (Wildman–Crippen MR) is 90.2 cm³/mol. The highest BCUT2D eigenvalue weighted by Crippen LogP contribution is 2.30. The third-order valence-corrected chi connectivity index (χ3v) is 6.16. The minimum absolute atomic E-state index is 0.0297. The molecule has 0 radical (unpaired) electrons. The number of ether oxygens (including phenoxy) is 3. The third-order valence-electron chi connectivity index (χ3n) is 4.24. The monoisotopic (exact) mass is 370 g/mol. The normalized spacial score (nSPS) is 21.9. The Balaban J connectivity index is 1.85. The van der Waals surface area contributed by atoms with Crippen LogP contribution in [0.15, 0.2) is 23.1 Å². The van der Waals surface area contributed by atoms with Crippen molar-refractivity contribution in [1.82, 2.24) is 4.31 Å². The minimum atomic E-state index is -3.74. The second kappa shape index (κ2) is 7.69. The number of amides is 1. The highest BCUT2D eigenvalue weighted by atomic mass is 32.2.